The van der Waals surface area contributed by atoms with E-state index >= 15 is 0 Å². The van der Waals surface area contributed by atoms with E-state index in [-0.39, 0.29) is 18.1 Å². The molecular weight excluding hydrogens is 304 g/mol. The molecule has 1 fully saturated rings. The van der Waals surface area contributed by atoms with Crippen LogP contribution in [0.15, 0.2) is 16.5 Å². The molecule has 118 valence electrons. The van der Waals surface area contributed by atoms with Crippen molar-refractivity contribution in [1.82, 2.24) is 5.32 Å². The quantitative estimate of drug-likeness (QED) is 0.838. The summed E-state index contributed by atoms with van der Waals surface area (Å²) >= 11 is 0.433. The summed E-state index contributed by atoms with van der Waals surface area (Å²) in [5.41, 5.74) is -0.708. The summed E-state index contributed by atoms with van der Waals surface area (Å²) in [5, 5.41) is 12.3. The van der Waals surface area contributed by atoms with Gasteiger partial charge in [0.2, 0.25) is 0 Å². The SMILES string of the molecule is O=C(NC1(CO)CCOCC1)c1ccc(CSC(F)F)o1. The molecule has 1 aliphatic rings. The van der Waals surface area contributed by atoms with Crippen LogP contribution in [0.1, 0.15) is 29.2 Å². The van der Waals surface area contributed by atoms with E-state index in [2.05, 4.69) is 5.32 Å². The van der Waals surface area contributed by atoms with Gasteiger partial charge in [-0.3, -0.25) is 4.79 Å². The maximum atomic E-state index is 12.1. The average Bonchev–Trinajstić information content (AvgIpc) is 2.95. The van der Waals surface area contributed by atoms with Crippen LogP contribution >= 0.6 is 11.8 Å². The van der Waals surface area contributed by atoms with Gasteiger partial charge in [0, 0.05) is 13.2 Å². The van der Waals surface area contributed by atoms with Gasteiger partial charge in [-0.05, 0) is 25.0 Å². The van der Waals surface area contributed by atoms with Crippen LogP contribution in [0, 0.1) is 0 Å². The number of aliphatic hydroxyl groups is 1. The van der Waals surface area contributed by atoms with Crippen LogP contribution in [0.3, 0.4) is 0 Å². The summed E-state index contributed by atoms with van der Waals surface area (Å²) < 4.78 is 34.6. The minimum absolute atomic E-state index is 0.00390. The molecule has 0 aliphatic carbocycles. The predicted molar refractivity (Wildman–Crippen MR) is 73.3 cm³/mol. The molecule has 2 rings (SSSR count). The molecule has 0 aromatic carbocycles. The number of hydrogen-bond donors (Lipinski definition) is 2. The minimum Gasteiger partial charge on any atom is -0.455 e. The minimum atomic E-state index is -2.48. The van der Waals surface area contributed by atoms with Crippen molar-refractivity contribution in [1.29, 1.82) is 0 Å². The lowest BCUT2D eigenvalue weighted by Gasteiger charge is -2.35. The van der Waals surface area contributed by atoms with E-state index in [1.54, 1.807) is 0 Å². The van der Waals surface area contributed by atoms with E-state index in [9.17, 15) is 18.7 Å². The number of carbonyl (C=O) groups excluding carboxylic acids is 1. The smallest absolute Gasteiger partial charge is 0.287 e. The number of aliphatic hydroxyl groups excluding tert-OH is 1. The lowest BCUT2D eigenvalue weighted by atomic mass is 9.91. The number of amides is 1. The molecule has 1 aromatic heterocycles. The Balaban J connectivity index is 1.96. The third-order valence-corrected chi connectivity index (χ3v) is 4.07. The monoisotopic (exact) mass is 321 g/mol. The largest absolute Gasteiger partial charge is 0.455 e. The highest BCUT2D eigenvalue weighted by Gasteiger charge is 2.34. The first-order valence-corrected chi connectivity index (χ1v) is 7.59. The number of thioether (sulfide) groups is 1. The first-order chi connectivity index (χ1) is 10.0. The highest BCUT2D eigenvalue weighted by molar-refractivity contribution is 7.98. The summed E-state index contributed by atoms with van der Waals surface area (Å²) in [6.07, 6.45) is 1.04. The Morgan fingerprint density at radius 2 is 2.14 bits per heavy atom. The van der Waals surface area contributed by atoms with Crippen LogP contribution in [-0.2, 0) is 10.5 Å². The highest BCUT2D eigenvalue weighted by Crippen LogP contribution is 2.23. The second kappa shape index (κ2) is 7.24. The molecule has 0 unspecified atom stereocenters. The third kappa shape index (κ3) is 4.42. The summed E-state index contributed by atoms with van der Waals surface area (Å²) in [6.45, 7) is 0.751. The number of furan rings is 1. The zero-order valence-corrected chi connectivity index (χ0v) is 12.1. The Kier molecular flexibility index (Phi) is 5.60. The van der Waals surface area contributed by atoms with Gasteiger partial charge in [0.05, 0.1) is 17.9 Å². The molecule has 1 saturated heterocycles. The van der Waals surface area contributed by atoms with E-state index in [1.165, 1.54) is 12.1 Å². The van der Waals surface area contributed by atoms with Crippen LogP contribution in [0.4, 0.5) is 8.78 Å². The van der Waals surface area contributed by atoms with Gasteiger partial charge in [-0.2, -0.15) is 8.78 Å². The molecule has 5 nitrogen and oxygen atoms in total. The standard InChI is InChI=1S/C13H17F2NO4S/c14-12(15)21-7-9-1-2-10(20-9)11(18)16-13(8-17)3-5-19-6-4-13/h1-2,12,17H,3-8H2,(H,16,18). The van der Waals surface area contributed by atoms with Crippen molar-refractivity contribution in [2.24, 2.45) is 0 Å². The average molecular weight is 321 g/mol. The molecule has 1 aromatic rings. The van der Waals surface area contributed by atoms with E-state index in [0.29, 0.717) is 43.6 Å². The molecule has 0 atom stereocenters. The maximum Gasteiger partial charge on any atom is 0.287 e. The van der Waals surface area contributed by atoms with Gasteiger partial charge >= 0.3 is 0 Å². The van der Waals surface area contributed by atoms with Crippen molar-refractivity contribution >= 4 is 17.7 Å². The van der Waals surface area contributed by atoms with Gasteiger partial charge in [-0.1, -0.05) is 11.8 Å². The lowest BCUT2D eigenvalue weighted by molar-refractivity contribution is 0.0119. The molecule has 21 heavy (non-hydrogen) atoms. The van der Waals surface area contributed by atoms with Gasteiger partial charge in [0.1, 0.15) is 5.76 Å². The number of hydrogen-bond acceptors (Lipinski definition) is 5. The number of ether oxygens (including phenoxy) is 1. The van der Waals surface area contributed by atoms with Gasteiger partial charge in [-0.25, -0.2) is 0 Å². The van der Waals surface area contributed by atoms with Gasteiger partial charge in [0.25, 0.3) is 11.7 Å². The topological polar surface area (TPSA) is 71.7 Å². The van der Waals surface area contributed by atoms with Crippen LogP contribution in [-0.4, -0.2) is 42.1 Å². The molecule has 1 aliphatic heterocycles. The fourth-order valence-corrected chi connectivity index (χ4v) is 2.56. The Morgan fingerprint density at radius 1 is 1.43 bits per heavy atom. The van der Waals surface area contributed by atoms with Crippen LogP contribution in [0.2, 0.25) is 0 Å². The molecule has 0 spiro atoms. The summed E-state index contributed by atoms with van der Waals surface area (Å²) in [5.74, 6) is -2.56. The van der Waals surface area contributed by atoms with Crippen molar-refractivity contribution in [2.75, 3.05) is 19.8 Å². The second-order valence-corrected chi connectivity index (χ2v) is 5.82. The van der Waals surface area contributed by atoms with Crippen molar-refractivity contribution in [3.63, 3.8) is 0 Å². The summed E-state index contributed by atoms with van der Waals surface area (Å²) in [7, 11) is 0. The Bertz CT molecular complexity index is 474. The maximum absolute atomic E-state index is 12.1. The first-order valence-electron chi connectivity index (χ1n) is 6.54. The predicted octanol–water partition coefficient (Wildman–Crippen LogP) is 2.01. The molecule has 0 bridgehead atoms. The van der Waals surface area contributed by atoms with Crippen molar-refractivity contribution < 1.29 is 27.8 Å². The van der Waals surface area contributed by atoms with E-state index < -0.39 is 17.2 Å². The second-order valence-electron chi connectivity index (χ2n) is 4.84. The molecule has 2 heterocycles. The Hall–Kier alpha value is -1.12. The van der Waals surface area contributed by atoms with Gasteiger partial charge in [0.15, 0.2) is 5.76 Å². The van der Waals surface area contributed by atoms with Crippen molar-refractivity contribution in [2.45, 2.75) is 29.9 Å². The zero-order chi connectivity index (χ0) is 15.3. The molecule has 0 saturated carbocycles. The fourth-order valence-electron chi connectivity index (χ4n) is 2.11. The third-order valence-electron chi connectivity index (χ3n) is 3.37. The normalized spacial score (nSPS) is 17.9. The van der Waals surface area contributed by atoms with E-state index in [0.717, 1.165) is 0 Å². The number of rotatable bonds is 6. The molecule has 2 N–H and O–H groups in total. The summed E-state index contributed by atoms with van der Waals surface area (Å²) in [4.78, 5) is 12.1. The molecule has 0 radical (unpaired) electrons. The Labute approximate surface area is 125 Å². The highest BCUT2D eigenvalue weighted by atomic mass is 32.2. The number of halogens is 2. The summed E-state index contributed by atoms with van der Waals surface area (Å²) in [6, 6.07) is 2.95. The number of alkyl halides is 2. The lowest BCUT2D eigenvalue weighted by Crippen LogP contribution is -2.54. The first kappa shape index (κ1) is 16.3. The van der Waals surface area contributed by atoms with E-state index in [4.69, 9.17) is 9.15 Å². The fraction of sp³-hybridized carbons (Fsp3) is 0.615. The van der Waals surface area contributed by atoms with Crippen LogP contribution < -0.4 is 5.32 Å². The van der Waals surface area contributed by atoms with Crippen LogP contribution in [0.25, 0.3) is 0 Å². The number of nitrogens with one attached hydrogen (secondary N) is 1. The van der Waals surface area contributed by atoms with Crippen LogP contribution in [0.5, 0.6) is 0 Å². The number of carbonyl (C=O) groups is 1. The van der Waals surface area contributed by atoms with Crippen molar-refractivity contribution in [3.8, 4) is 0 Å². The Morgan fingerprint density at radius 3 is 2.76 bits per heavy atom. The van der Waals surface area contributed by atoms with E-state index in [1.807, 2.05) is 0 Å². The molecule has 1 amide bonds. The molecule has 8 heteroatoms. The van der Waals surface area contributed by atoms with Gasteiger partial charge < -0.3 is 19.6 Å². The van der Waals surface area contributed by atoms with Crippen molar-refractivity contribution in [3.05, 3.63) is 23.7 Å². The van der Waals surface area contributed by atoms with Gasteiger partial charge in [-0.15, -0.1) is 0 Å². The molecular formula is C13H17F2NO4S. The zero-order valence-electron chi connectivity index (χ0n) is 11.3.